The number of aliphatic hydroxyl groups excluding tert-OH is 1. The molecule has 0 saturated carbocycles. The number of nitrogens with one attached hydrogen (secondary N) is 1. The Morgan fingerprint density at radius 1 is 1.38 bits per heavy atom. The first kappa shape index (κ1) is 17.3. The Labute approximate surface area is 147 Å². The summed E-state index contributed by atoms with van der Waals surface area (Å²) < 4.78 is 5.47. The largest absolute Gasteiger partial charge is 0.492 e. The maximum absolute atomic E-state index is 10.3. The van der Waals surface area contributed by atoms with E-state index in [2.05, 4.69) is 15.1 Å². The van der Waals surface area contributed by atoms with E-state index in [0.29, 0.717) is 18.2 Å². The zero-order valence-corrected chi connectivity index (χ0v) is 14.9. The molecule has 1 aromatic heterocycles. The number of ether oxygens (including phenoxy) is 1. The van der Waals surface area contributed by atoms with Crippen molar-refractivity contribution in [3.8, 4) is 5.75 Å². The first-order valence-electron chi connectivity index (χ1n) is 8.37. The zero-order valence-electron chi connectivity index (χ0n) is 14.1. The maximum atomic E-state index is 10.3. The number of aromatic amines is 1. The Kier molecular flexibility index (Phi) is 5.43. The number of halogens is 1. The zero-order chi connectivity index (χ0) is 17.1. The highest BCUT2D eigenvalue weighted by atomic mass is 35.5. The smallest absolute Gasteiger partial charge is 0.137 e. The Morgan fingerprint density at radius 2 is 2.21 bits per heavy atom. The van der Waals surface area contributed by atoms with E-state index in [9.17, 15) is 5.11 Å². The minimum absolute atomic E-state index is 0.214. The van der Waals surface area contributed by atoms with Gasteiger partial charge < -0.3 is 9.84 Å². The molecule has 1 saturated heterocycles. The normalized spacial score (nSPS) is 21.3. The van der Waals surface area contributed by atoms with Gasteiger partial charge in [-0.3, -0.25) is 10.00 Å². The van der Waals surface area contributed by atoms with Gasteiger partial charge >= 0.3 is 0 Å². The van der Waals surface area contributed by atoms with Crippen molar-refractivity contribution in [3.05, 3.63) is 46.2 Å². The van der Waals surface area contributed by atoms with Crippen LogP contribution in [0.15, 0.2) is 24.3 Å². The number of β-amino-alcohol motifs (C(OH)–C–C–N with tert-alkyl or cyclic N) is 1. The second-order valence-electron chi connectivity index (χ2n) is 6.47. The summed E-state index contributed by atoms with van der Waals surface area (Å²) in [4.78, 5) is 2.26. The Hall–Kier alpha value is -1.56. The summed E-state index contributed by atoms with van der Waals surface area (Å²) in [5.41, 5.74) is 3.20. The van der Waals surface area contributed by atoms with Crippen LogP contribution in [0.2, 0.25) is 5.02 Å². The third kappa shape index (κ3) is 4.09. The van der Waals surface area contributed by atoms with Crippen LogP contribution in [0.25, 0.3) is 0 Å². The molecule has 0 aliphatic carbocycles. The molecule has 0 bridgehead atoms. The highest BCUT2D eigenvalue weighted by Gasteiger charge is 2.31. The van der Waals surface area contributed by atoms with Gasteiger partial charge in [0.05, 0.1) is 23.4 Å². The number of nitrogens with zero attached hydrogens (tertiary/aromatic N) is 2. The lowest BCUT2D eigenvalue weighted by molar-refractivity contribution is 0.140. The maximum Gasteiger partial charge on any atom is 0.137 e. The molecule has 24 heavy (non-hydrogen) atoms. The summed E-state index contributed by atoms with van der Waals surface area (Å²) >= 11 is 6.26. The summed E-state index contributed by atoms with van der Waals surface area (Å²) in [6, 6.07) is 7.94. The minimum Gasteiger partial charge on any atom is -0.492 e. The van der Waals surface area contributed by atoms with Crippen molar-refractivity contribution in [1.29, 1.82) is 0 Å². The number of benzene rings is 1. The van der Waals surface area contributed by atoms with Gasteiger partial charge in [-0.2, -0.15) is 5.10 Å². The molecule has 2 aromatic rings. The topological polar surface area (TPSA) is 61.4 Å². The second kappa shape index (κ2) is 7.55. The van der Waals surface area contributed by atoms with Gasteiger partial charge in [0.2, 0.25) is 0 Å². The number of hydrogen-bond acceptors (Lipinski definition) is 4. The first-order chi connectivity index (χ1) is 11.5. The number of rotatable bonds is 6. The molecule has 1 aromatic carbocycles. The number of H-pyrrole nitrogens is 1. The predicted molar refractivity (Wildman–Crippen MR) is 94.4 cm³/mol. The van der Waals surface area contributed by atoms with E-state index in [4.69, 9.17) is 16.3 Å². The van der Waals surface area contributed by atoms with Crippen LogP contribution in [0.5, 0.6) is 5.75 Å². The van der Waals surface area contributed by atoms with Gasteiger partial charge in [0.25, 0.3) is 0 Å². The number of aromatic nitrogens is 2. The number of aliphatic hydroxyl groups is 1. The molecule has 0 spiro atoms. The van der Waals surface area contributed by atoms with E-state index in [1.807, 2.05) is 38.1 Å². The molecule has 2 heterocycles. The van der Waals surface area contributed by atoms with E-state index in [1.54, 1.807) is 0 Å². The lowest BCUT2D eigenvalue weighted by Crippen LogP contribution is -2.21. The van der Waals surface area contributed by atoms with Crippen molar-refractivity contribution in [1.82, 2.24) is 15.1 Å². The van der Waals surface area contributed by atoms with Crippen LogP contribution < -0.4 is 4.74 Å². The molecule has 0 radical (unpaired) electrons. The molecule has 2 N–H and O–H groups in total. The molecule has 2 unspecified atom stereocenters. The Balaban J connectivity index is 1.59. The van der Waals surface area contributed by atoms with Crippen LogP contribution in [0.1, 0.15) is 23.9 Å². The summed E-state index contributed by atoms with van der Waals surface area (Å²) in [5.74, 6) is 0.932. The first-order valence-corrected chi connectivity index (χ1v) is 8.75. The Bertz CT molecular complexity index is 689. The molecule has 3 rings (SSSR count). The standard InChI is InChI=1S/C18H24ClN3O2/c1-3-24-18-5-4-13(7-16(18)19)9-22-10-14(17(23)11-22)8-15-6-12(2)20-21-15/h4-7,14,17,23H,3,8-11H2,1-2H3,(H,20,21). The van der Waals surface area contributed by atoms with Crippen LogP contribution in [-0.2, 0) is 13.0 Å². The molecule has 6 heteroatoms. The number of aryl methyl sites for hydroxylation is 1. The second-order valence-corrected chi connectivity index (χ2v) is 6.87. The van der Waals surface area contributed by atoms with Gasteiger partial charge in [0, 0.05) is 31.2 Å². The summed E-state index contributed by atoms with van der Waals surface area (Å²) in [7, 11) is 0. The van der Waals surface area contributed by atoms with Crippen LogP contribution in [0.3, 0.4) is 0 Å². The molecule has 2 atom stereocenters. The lowest BCUT2D eigenvalue weighted by atomic mass is 10.0. The quantitative estimate of drug-likeness (QED) is 0.841. The van der Waals surface area contributed by atoms with Crippen molar-refractivity contribution in [2.75, 3.05) is 19.7 Å². The molecule has 5 nitrogen and oxygen atoms in total. The Morgan fingerprint density at radius 3 is 2.88 bits per heavy atom. The molecule has 1 aliphatic heterocycles. The molecule has 1 aliphatic rings. The predicted octanol–water partition coefficient (Wildman–Crippen LogP) is 2.81. The van der Waals surface area contributed by atoms with Crippen molar-refractivity contribution in [2.45, 2.75) is 32.9 Å². The van der Waals surface area contributed by atoms with Crippen molar-refractivity contribution in [2.24, 2.45) is 5.92 Å². The van der Waals surface area contributed by atoms with Crippen LogP contribution >= 0.6 is 11.6 Å². The van der Waals surface area contributed by atoms with E-state index < -0.39 is 0 Å². The fourth-order valence-corrected chi connectivity index (χ4v) is 3.55. The average molecular weight is 350 g/mol. The summed E-state index contributed by atoms with van der Waals surface area (Å²) in [6.07, 6.45) is 0.478. The van der Waals surface area contributed by atoms with E-state index in [-0.39, 0.29) is 12.0 Å². The SMILES string of the molecule is CCOc1ccc(CN2CC(O)C(Cc3cc(C)[nH]n3)C2)cc1Cl. The van der Waals surface area contributed by atoms with Gasteiger partial charge in [-0.25, -0.2) is 0 Å². The third-order valence-corrected chi connectivity index (χ3v) is 4.71. The van der Waals surface area contributed by atoms with E-state index >= 15 is 0 Å². The highest BCUT2D eigenvalue weighted by Crippen LogP contribution is 2.28. The summed E-state index contributed by atoms with van der Waals surface area (Å²) in [6.45, 7) is 6.85. The average Bonchev–Trinajstić information content (AvgIpc) is 3.09. The number of likely N-dealkylation sites (tertiary alicyclic amines) is 1. The number of hydrogen-bond donors (Lipinski definition) is 2. The van der Waals surface area contributed by atoms with E-state index in [1.165, 1.54) is 0 Å². The van der Waals surface area contributed by atoms with E-state index in [0.717, 1.165) is 42.2 Å². The summed E-state index contributed by atoms with van der Waals surface area (Å²) in [5, 5.41) is 18.2. The van der Waals surface area contributed by atoms with Crippen molar-refractivity contribution < 1.29 is 9.84 Å². The van der Waals surface area contributed by atoms with Gasteiger partial charge in [-0.1, -0.05) is 17.7 Å². The lowest BCUT2D eigenvalue weighted by Gasteiger charge is -2.16. The van der Waals surface area contributed by atoms with Gasteiger partial charge in [0.15, 0.2) is 0 Å². The van der Waals surface area contributed by atoms with Gasteiger partial charge in [0.1, 0.15) is 5.75 Å². The van der Waals surface area contributed by atoms with Crippen molar-refractivity contribution in [3.63, 3.8) is 0 Å². The van der Waals surface area contributed by atoms with Crippen LogP contribution in [0, 0.1) is 12.8 Å². The molecule has 1 fully saturated rings. The van der Waals surface area contributed by atoms with Gasteiger partial charge in [-0.05, 0) is 44.0 Å². The third-order valence-electron chi connectivity index (χ3n) is 4.41. The molecular weight excluding hydrogens is 326 g/mol. The fourth-order valence-electron chi connectivity index (χ4n) is 3.29. The van der Waals surface area contributed by atoms with Gasteiger partial charge in [-0.15, -0.1) is 0 Å². The minimum atomic E-state index is -0.319. The highest BCUT2D eigenvalue weighted by molar-refractivity contribution is 6.32. The fraction of sp³-hybridized carbons (Fsp3) is 0.500. The molecule has 0 amide bonds. The van der Waals surface area contributed by atoms with Crippen molar-refractivity contribution >= 4 is 11.6 Å². The molecular formula is C18H24ClN3O2. The van der Waals surface area contributed by atoms with Crippen LogP contribution in [0.4, 0.5) is 0 Å². The monoisotopic (exact) mass is 349 g/mol. The van der Waals surface area contributed by atoms with Crippen LogP contribution in [-0.4, -0.2) is 46.0 Å². The molecule has 130 valence electrons.